The number of halogens is 1. The fourth-order valence-corrected chi connectivity index (χ4v) is 2.86. The molecule has 2 saturated heterocycles. The number of ether oxygens (including phenoxy) is 3. The molecular weight excluding hydrogens is 298 g/mol. The molecule has 0 spiro atoms. The Morgan fingerprint density at radius 3 is 2.90 bits per heavy atom. The average molecular weight is 314 g/mol. The monoisotopic (exact) mass is 313 g/mol. The largest absolute Gasteiger partial charge is 0.496 e. The van der Waals surface area contributed by atoms with Gasteiger partial charge in [0.25, 0.3) is 5.91 Å². The fraction of sp³-hybridized carbons (Fsp3) is 0.500. The Hall–Kier alpha value is -1.34. The summed E-state index contributed by atoms with van der Waals surface area (Å²) in [5, 5.41) is 13.0. The van der Waals surface area contributed by atoms with Crippen LogP contribution in [0.3, 0.4) is 0 Å². The highest BCUT2D eigenvalue weighted by Gasteiger charge is 2.47. The van der Waals surface area contributed by atoms with Crippen molar-refractivity contribution >= 4 is 17.5 Å². The maximum atomic E-state index is 12.4. The van der Waals surface area contributed by atoms with Gasteiger partial charge in [-0.25, -0.2) is 0 Å². The van der Waals surface area contributed by atoms with Crippen molar-refractivity contribution in [2.45, 2.75) is 24.4 Å². The Balaban J connectivity index is 1.72. The normalized spacial score (nSPS) is 31.0. The van der Waals surface area contributed by atoms with Gasteiger partial charge in [0.1, 0.15) is 24.1 Å². The van der Waals surface area contributed by atoms with Crippen molar-refractivity contribution in [2.24, 2.45) is 0 Å². The van der Waals surface area contributed by atoms with Gasteiger partial charge in [-0.15, -0.1) is 0 Å². The van der Waals surface area contributed by atoms with E-state index in [1.165, 1.54) is 7.11 Å². The van der Waals surface area contributed by atoms with Crippen LogP contribution in [0.25, 0.3) is 0 Å². The summed E-state index contributed by atoms with van der Waals surface area (Å²) >= 11 is 5.88. The zero-order valence-electron chi connectivity index (χ0n) is 11.4. The van der Waals surface area contributed by atoms with Gasteiger partial charge in [0, 0.05) is 5.02 Å². The summed E-state index contributed by atoms with van der Waals surface area (Å²) in [5.74, 6) is 0.116. The molecule has 0 bridgehead atoms. The lowest BCUT2D eigenvalue weighted by atomic mass is 10.1. The van der Waals surface area contributed by atoms with Gasteiger partial charge in [-0.05, 0) is 18.2 Å². The Kier molecular flexibility index (Phi) is 4.03. The third kappa shape index (κ3) is 2.72. The summed E-state index contributed by atoms with van der Waals surface area (Å²) < 4.78 is 16.1. The molecule has 0 aromatic heterocycles. The minimum Gasteiger partial charge on any atom is -0.496 e. The zero-order valence-corrected chi connectivity index (χ0v) is 12.2. The first kappa shape index (κ1) is 14.6. The van der Waals surface area contributed by atoms with E-state index in [-0.39, 0.29) is 30.8 Å². The number of carbonyl (C=O) groups excluding carboxylic acids is 1. The van der Waals surface area contributed by atoms with E-state index in [2.05, 4.69) is 5.32 Å². The lowest BCUT2D eigenvalue weighted by Crippen LogP contribution is -2.44. The highest BCUT2D eigenvalue weighted by Crippen LogP contribution is 2.28. The number of fused-ring (bicyclic) bond motifs is 1. The molecule has 1 aromatic rings. The first-order valence-corrected chi connectivity index (χ1v) is 7.03. The van der Waals surface area contributed by atoms with E-state index in [9.17, 15) is 9.90 Å². The third-order valence-corrected chi connectivity index (χ3v) is 3.99. The van der Waals surface area contributed by atoms with Crippen LogP contribution in [0.1, 0.15) is 10.4 Å². The van der Waals surface area contributed by atoms with Crippen LogP contribution < -0.4 is 10.1 Å². The highest BCUT2D eigenvalue weighted by atomic mass is 35.5. The van der Waals surface area contributed by atoms with Gasteiger partial charge in [-0.3, -0.25) is 4.79 Å². The summed E-state index contributed by atoms with van der Waals surface area (Å²) in [7, 11) is 1.48. The molecule has 7 heteroatoms. The Morgan fingerprint density at radius 1 is 1.38 bits per heavy atom. The van der Waals surface area contributed by atoms with Crippen molar-refractivity contribution in [3.8, 4) is 5.75 Å². The van der Waals surface area contributed by atoms with E-state index >= 15 is 0 Å². The minimum atomic E-state index is -0.637. The highest BCUT2D eigenvalue weighted by molar-refractivity contribution is 6.30. The number of hydrogen-bond acceptors (Lipinski definition) is 5. The van der Waals surface area contributed by atoms with Gasteiger partial charge in [0.15, 0.2) is 0 Å². The molecular formula is C14H16ClNO5. The molecule has 1 aromatic carbocycles. The van der Waals surface area contributed by atoms with Gasteiger partial charge in [-0.2, -0.15) is 0 Å². The topological polar surface area (TPSA) is 77.0 Å². The number of carbonyl (C=O) groups is 1. The summed E-state index contributed by atoms with van der Waals surface area (Å²) in [6.45, 7) is 0.542. The van der Waals surface area contributed by atoms with Crippen LogP contribution in [0.15, 0.2) is 18.2 Å². The molecule has 2 aliphatic heterocycles. The van der Waals surface area contributed by atoms with Crippen LogP contribution in [0.5, 0.6) is 5.75 Å². The fourth-order valence-electron chi connectivity index (χ4n) is 2.70. The smallest absolute Gasteiger partial charge is 0.255 e. The van der Waals surface area contributed by atoms with Gasteiger partial charge in [-0.1, -0.05) is 11.6 Å². The first-order valence-electron chi connectivity index (χ1n) is 6.66. The molecule has 2 N–H and O–H groups in total. The number of nitrogens with one attached hydrogen (secondary N) is 1. The SMILES string of the molecule is COc1cc(Cl)ccc1C(=O)N[C@H]1CO[C@H]2[C@@H]1OC[C@H]2O. The second-order valence-corrected chi connectivity index (χ2v) is 5.52. The molecule has 4 atom stereocenters. The van der Waals surface area contributed by atoms with Crippen LogP contribution in [-0.4, -0.2) is 55.7 Å². The number of aliphatic hydroxyl groups is 1. The number of methoxy groups -OCH3 is 1. The number of aliphatic hydroxyl groups excluding tert-OH is 1. The molecule has 2 aliphatic rings. The number of benzene rings is 1. The van der Waals surface area contributed by atoms with E-state index in [0.29, 0.717) is 22.9 Å². The average Bonchev–Trinajstić information content (AvgIpc) is 3.03. The van der Waals surface area contributed by atoms with E-state index in [1.54, 1.807) is 18.2 Å². The molecule has 114 valence electrons. The molecule has 0 unspecified atom stereocenters. The van der Waals surface area contributed by atoms with Crippen LogP contribution in [-0.2, 0) is 9.47 Å². The summed E-state index contributed by atoms with van der Waals surface area (Å²) in [4.78, 5) is 12.4. The van der Waals surface area contributed by atoms with Crippen molar-refractivity contribution in [1.29, 1.82) is 0 Å². The first-order chi connectivity index (χ1) is 10.1. The van der Waals surface area contributed by atoms with Crippen molar-refractivity contribution in [1.82, 2.24) is 5.32 Å². The van der Waals surface area contributed by atoms with E-state index in [0.717, 1.165) is 0 Å². The summed E-state index contributed by atoms with van der Waals surface area (Å²) in [5.41, 5.74) is 0.392. The van der Waals surface area contributed by atoms with E-state index in [1.807, 2.05) is 0 Å². The van der Waals surface area contributed by atoms with Crippen molar-refractivity contribution in [3.63, 3.8) is 0 Å². The van der Waals surface area contributed by atoms with E-state index < -0.39 is 6.10 Å². The molecule has 6 nitrogen and oxygen atoms in total. The van der Waals surface area contributed by atoms with Crippen LogP contribution in [0, 0.1) is 0 Å². The van der Waals surface area contributed by atoms with Crippen LogP contribution >= 0.6 is 11.6 Å². The van der Waals surface area contributed by atoms with Gasteiger partial charge >= 0.3 is 0 Å². The van der Waals surface area contributed by atoms with Gasteiger partial charge in [0.2, 0.25) is 0 Å². The third-order valence-electron chi connectivity index (χ3n) is 3.75. The molecule has 3 rings (SSSR count). The van der Waals surface area contributed by atoms with Crippen molar-refractivity contribution in [2.75, 3.05) is 20.3 Å². The lowest BCUT2D eigenvalue weighted by Gasteiger charge is -2.18. The van der Waals surface area contributed by atoms with Crippen molar-refractivity contribution < 1.29 is 24.1 Å². The van der Waals surface area contributed by atoms with Crippen LogP contribution in [0.4, 0.5) is 0 Å². The van der Waals surface area contributed by atoms with Gasteiger partial charge in [0.05, 0.1) is 31.9 Å². The zero-order chi connectivity index (χ0) is 15.0. The van der Waals surface area contributed by atoms with Gasteiger partial charge < -0.3 is 24.6 Å². The predicted molar refractivity (Wildman–Crippen MR) is 74.7 cm³/mol. The maximum absolute atomic E-state index is 12.4. The Morgan fingerprint density at radius 2 is 2.14 bits per heavy atom. The molecule has 0 saturated carbocycles. The van der Waals surface area contributed by atoms with Crippen LogP contribution in [0.2, 0.25) is 5.02 Å². The molecule has 0 aliphatic carbocycles. The minimum absolute atomic E-state index is 0.228. The quantitative estimate of drug-likeness (QED) is 0.855. The number of amides is 1. The summed E-state index contributed by atoms with van der Waals surface area (Å²) in [6, 6.07) is 4.52. The number of hydrogen-bond donors (Lipinski definition) is 2. The molecule has 2 heterocycles. The molecule has 0 radical (unpaired) electrons. The van der Waals surface area contributed by atoms with Crippen molar-refractivity contribution in [3.05, 3.63) is 28.8 Å². The molecule has 2 fully saturated rings. The molecule has 21 heavy (non-hydrogen) atoms. The lowest BCUT2D eigenvalue weighted by molar-refractivity contribution is 0.0178. The van der Waals surface area contributed by atoms with E-state index in [4.69, 9.17) is 25.8 Å². The Bertz CT molecular complexity index is 552. The maximum Gasteiger partial charge on any atom is 0.255 e. The summed E-state index contributed by atoms with van der Waals surface area (Å²) in [6.07, 6.45) is -1.33. The second kappa shape index (κ2) is 5.81. The Labute approximate surface area is 126 Å². The second-order valence-electron chi connectivity index (χ2n) is 5.09. The molecule has 1 amide bonds. The standard InChI is InChI=1S/C14H16ClNO5/c1-19-11-4-7(15)2-3-8(11)14(18)16-9-5-20-13-10(17)6-21-12(9)13/h2-4,9-10,12-13,17H,5-6H2,1H3,(H,16,18)/t9-,10+,12+,13+/m0/s1. The predicted octanol–water partition coefficient (Wildman–Crippen LogP) is 0.605. The number of rotatable bonds is 3.